The number of nitrogens with one attached hydrogen (secondary N) is 2. The summed E-state index contributed by atoms with van der Waals surface area (Å²) in [6.07, 6.45) is 9.52. The average molecular weight is 418 g/mol. The maximum Gasteiger partial charge on any atom is 0.222 e. The number of rotatable bonds is 5. The Hall–Kier alpha value is -2.26. The van der Waals surface area contributed by atoms with Gasteiger partial charge >= 0.3 is 0 Å². The highest BCUT2D eigenvalue weighted by Crippen LogP contribution is 2.37. The van der Waals surface area contributed by atoms with E-state index in [1.54, 1.807) is 18.6 Å². The molecule has 4 heterocycles. The van der Waals surface area contributed by atoms with Crippen LogP contribution < -0.4 is 5.32 Å². The van der Waals surface area contributed by atoms with Gasteiger partial charge in [-0.25, -0.2) is 9.97 Å². The summed E-state index contributed by atoms with van der Waals surface area (Å²) in [6, 6.07) is 2.17. The molecule has 1 saturated heterocycles. The maximum atomic E-state index is 12.1. The lowest BCUT2D eigenvalue weighted by molar-refractivity contribution is -0.131. The van der Waals surface area contributed by atoms with Gasteiger partial charge in [-0.05, 0) is 18.9 Å². The number of amides is 1. The molecule has 3 aromatic rings. The highest BCUT2D eigenvalue weighted by atomic mass is 32.2. The fraction of sp³-hybridized carbons (Fsp3) is 0.421. The number of piperidine rings is 1. The third-order valence-electron chi connectivity index (χ3n) is 5.01. The Labute approximate surface area is 170 Å². The Bertz CT molecular complexity index is 1030. The second kappa shape index (κ2) is 8.00. The number of likely N-dealkylation sites (tertiary alicyclic amines) is 1. The lowest BCUT2D eigenvalue weighted by Gasteiger charge is -2.34. The van der Waals surface area contributed by atoms with Gasteiger partial charge in [-0.2, -0.15) is 0 Å². The molecule has 0 saturated carbocycles. The van der Waals surface area contributed by atoms with Gasteiger partial charge in [0.05, 0.1) is 28.2 Å². The van der Waals surface area contributed by atoms with Crippen LogP contribution in [0.5, 0.6) is 0 Å². The monoisotopic (exact) mass is 417 g/mol. The first-order valence-corrected chi connectivity index (χ1v) is 11.7. The molecule has 2 N–H and O–H groups in total. The summed E-state index contributed by atoms with van der Waals surface area (Å²) in [5.74, 6) is 0.197. The molecule has 1 aliphatic rings. The van der Waals surface area contributed by atoms with E-state index in [4.69, 9.17) is 0 Å². The Morgan fingerprint density at radius 3 is 3.04 bits per heavy atom. The van der Waals surface area contributed by atoms with Crippen LogP contribution in [-0.4, -0.2) is 55.4 Å². The molecule has 0 aromatic carbocycles. The van der Waals surface area contributed by atoms with E-state index in [1.165, 1.54) is 11.3 Å². The molecule has 3 aromatic heterocycles. The molecule has 2 atom stereocenters. The molecular formula is C19H23N5O2S2. The third kappa shape index (κ3) is 3.68. The Morgan fingerprint density at radius 2 is 2.29 bits per heavy atom. The van der Waals surface area contributed by atoms with Crippen molar-refractivity contribution in [1.82, 2.24) is 19.9 Å². The van der Waals surface area contributed by atoms with Crippen molar-refractivity contribution in [2.45, 2.75) is 36.4 Å². The van der Waals surface area contributed by atoms with E-state index in [0.29, 0.717) is 13.0 Å². The van der Waals surface area contributed by atoms with E-state index in [1.807, 2.05) is 24.1 Å². The number of carbonyl (C=O) groups excluding carboxylic acids is 1. The number of fused-ring (bicyclic) bond motifs is 1. The van der Waals surface area contributed by atoms with Gasteiger partial charge in [0.25, 0.3) is 0 Å². The maximum absolute atomic E-state index is 12.1. The van der Waals surface area contributed by atoms with Crippen molar-refractivity contribution in [3.8, 4) is 10.6 Å². The van der Waals surface area contributed by atoms with Gasteiger partial charge in [0.1, 0.15) is 14.9 Å². The first kappa shape index (κ1) is 19.1. The van der Waals surface area contributed by atoms with Crippen molar-refractivity contribution in [3.63, 3.8) is 0 Å². The lowest BCUT2D eigenvalue weighted by atomic mass is 10.0. The number of hydrogen-bond donors (Lipinski definition) is 2. The van der Waals surface area contributed by atoms with Crippen LogP contribution >= 0.6 is 11.3 Å². The summed E-state index contributed by atoms with van der Waals surface area (Å²) in [5.41, 5.74) is 2.66. The van der Waals surface area contributed by atoms with Crippen LogP contribution in [0, 0.1) is 0 Å². The van der Waals surface area contributed by atoms with E-state index in [2.05, 4.69) is 20.3 Å². The lowest BCUT2D eigenvalue weighted by Crippen LogP contribution is -2.45. The Morgan fingerprint density at radius 1 is 1.43 bits per heavy atom. The van der Waals surface area contributed by atoms with Crippen molar-refractivity contribution in [2.24, 2.45) is 0 Å². The van der Waals surface area contributed by atoms with Crippen LogP contribution in [-0.2, 0) is 15.6 Å². The fourth-order valence-electron chi connectivity index (χ4n) is 3.59. The summed E-state index contributed by atoms with van der Waals surface area (Å²) in [7, 11) is -1.06. The molecule has 0 spiro atoms. The molecule has 28 heavy (non-hydrogen) atoms. The van der Waals surface area contributed by atoms with Gasteiger partial charge < -0.3 is 15.2 Å². The normalized spacial score (nSPS) is 18.4. The minimum Gasteiger partial charge on any atom is -0.379 e. The van der Waals surface area contributed by atoms with E-state index < -0.39 is 10.8 Å². The summed E-state index contributed by atoms with van der Waals surface area (Å²) in [6.45, 7) is 3.43. The SMILES string of the molecule is CCC(=O)N1CCC[C@@H](Nc2c(-c3ncc(S(C)=O)s3)cnc3[nH]ccc23)C1. The van der Waals surface area contributed by atoms with Gasteiger partial charge in [0, 0.05) is 49.6 Å². The predicted molar refractivity (Wildman–Crippen MR) is 113 cm³/mol. The number of aromatic amines is 1. The number of carbonyl (C=O) groups is 1. The molecule has 0 radical (unpaired) electrons. The molecule has 4 rings (SSSR count). The Balaban J connectivity index is 1.69. The topological polar surface area (TPSA) is 91.0 Å². The molecule has 9 heteroatoms. The van der Waals surface area contributed by atoms with Crippen LogP contribution in [0.1, 0.15) is 26.2 Å². The van der Waals surface area contributed by atoms with Gasteiger partial charge in [0.15, 0.2) is 0 Å². The number of thiazole rings is 1. The zero-order valence-corrected chi connectivity index (χ0v) is 17.5. The largest absolute Gasteiger partial charge is 0.379 e. The van der Waals surface area contributed by atoms with Crippen LogP contribution in [0.4, 0.5) is 5.69 Å². The van der Waals surface area contributed by atoms with Crippen molar-refractivity contribution in [3.05, 3.63) is 24.7 Å². The number of pyridine rings is 1. The molecule has 148 valence electrons. The summed E-state index contributed by atoms with van der Waals surface area (Å²) in [4.78, 5) is 26.2. The van der Waals surface area contributed by atoms with Crippen LogP contribution in [0.25, 0.3) is 21.6 Å². The molecule has 1 aliphatic heterocycles. The standard InChI is InChI=1S/C19H23N5O2S2/c1-3-15(25)24-8-4-5-12(11-24)23-17-13-6-7-20-18(13)21-9-14(17)19-22-10-16(27-19)28(2)26/h6-7,9-10,12H,3-5,8,11H2,1-2H3,(H2,20,21,23)/t12-,28?/m1/s1. The van der Waals surface area contributed by atoms with Crippen molar-refractivity contribution < 1.29 is 9.00 Å². The zero-order valence-electron chi connectivity index (χ0n) is 15.9. The van der Waals surface area contributed by atoms with Crippen molar-refractivity contribution in [1.29, 1.82) is 0 Å². The molecule has 1 unspecified atom stereocenters. The number of anilines is 1. The van der Waals surface area contributed by atoms with Crippen LogP contribution in [0.3, 0.4) is 0 Å². The highest BCUT2D eigenvalue weighted by Gasteiger charge is 2.25. The second-order valence-corrected chi connectivity index (χ2v) is 9.54. The van der Waals surface area contributed by atoms with Crippen LogP contribution in [0.2, 0.25) is 0 Å². The smallest absolute Gasteiger partial charge is 0.222 e. The summed E-state index contributed by atoms with van der Waals surface area (Å²) < 4.78 is 12.5. The minimum atomic E-state index is -1.06. The van der Waals surface area contributed by atoms with Crippen LogP contribution in [0.15, 0.2) is 28.9 Å². The van der Waals surface area contributed by atoms with Gasteiger partial charge in [0.2, 0.25) is 5.91 Å². The van der Waals surface area contributed by atoms with Gasteiger partial charge in [-0.3, -0.25) is 9.00 Å². The first-order chi connectivity index (χ1) is 13.6. The summed E-state index contributed by atoms with van der Waals surface area (Å²) >= 11 is 1.42. The third-order valence-corrected chi connectivity index (χ3v) is 7.46. The molecular weight excluding hydrogens is 394 g/mol. The molecule has 0 aliphatic carbocycles. The zero-order chi connectivity index (χ0) is 19.7. The van der Waals surface area contributed by atoms with E-state index in [0.717, 1.165) is 50.9 Å². The number of hydrogen-bond acceptors (Lipinski definition) is 6. The number of nitrogens with zero attached hydrogens (tertiary/aromatic N) is 3. The quantitative estimate of drug-likeness (QED) is 0.665. The first-order valence-electron chi connectivity index (χ1n) is 9.36. The Kier molecular flexibility index (Phi) is 5.45. The summed E-state index contributed by atoms with van der Waals surface area (Å²) in [5, 5.41) is 5.45. The number of aromatic nitrogens is 3. The highest BCUT2D eigenvalue weighted by molar-refractivity contribution is 7.86. The number of H-pyrrole nitrogens is 1. The van der Waals surface area contributed by atoms with E-state index >= 15 is 0 Å². The second-order valence-electron chi connectivity index (χ2n) is 6.90. The average Bonchev–Trinajstić information content (AvgIpc) is 3.37. The van der Waals surface area contributed by atoms with Gasteiger partial charge in [-0.15, -0.1) is 11.3 Å². The van der Waals surface area contributed by atoms with E-state index in [-0.39, 0.29) is 11.9 Å². The minimum absolute atomic E-state index is 0.170. The molecule has 7 nitrogen and oxygen atoms in total. The van der Waals surface area contributed by atoms with Crippen molar-refractivity contribution >= 4 is 44.8 Å². The molecule has 1 amide bonds. The van der Waals surface area contributed by atoms with Gasteiger partial charge in [-0.1, -0.05) is 6.92 Å². The predicted octanol–water partition coefficient (Wildman–Crippen LogP) is 3.24. The van der Waals surface area contributed by atoms with Crippen molar-refractivity contribution in [2.75, 3.05) is 24.7 Å². The fourth-order valence-corrected chi connectivity index (χ4v) is 5.16. The molecule has 0 bridgehead atoms. The molecule has 1 fully saturated rings. The van der Waals surface area contributed by atoms with E-state index in [9.17, 15) is 9.00 Å².